The third kappa shape index (κ3) is 4.58. The Kier molecular flexibility index (Phi) is 6.49. The molecule has 0 heterocycles. The van der Waals surface area contributed by atoms with Gasteiger partial charge in [0.2, 0.25) is 0 Å². The van der Waals surface area contributed by atoms with Crippen molar-refractivity contribution in [2.45, 2.75) is 38.8 Å². The van der Waals surface area contributed by atoms with Crippen molar-refractivity contribution < 1.29 is 9.53 Å². The molecule has 14 heavy (non-hydrogen) atoms. The molecule has 4 heteroatoms. The first kappa shape index (κ1) is 13.4. The molecular formula is C10H22N2O2. The number of ether oxygens (including phenoxy) is 1. The molecule has 0 amide bonds. The van der Waals surface area contributed by atoms with Gasteiger partial charge < -0.3 is 15.4 Å². The van der Waals surface area contributed by atoms with E-state index in [0.717, 1.165) is 12.8 Å². The second kappa shape index (κ2) is 6.79. The van der Waals surface area contributed by atoms with E-state index in [0.29, 0.717) is 12.6 Å². The second-order valence-electron chi connectivity index (χ2n) is 3.71. The minimum Gasteiger partial charge on any atom is -0.468 e. The number of hydrogen-bond donors (Lipinski definition) is 1. The number of hydrogen-bond acceptors (Lipinski definition) is 4. The Morgan fingerprint density at radius 1 is 1.57 bits per heavy atom. The van der Waals surface area contributed by atoms with Crippen LogP contribution in [0, 0.1) is 0 Å². The third-order valence-corrected chi connectivity index (χ3v) is 2.45. The summed E-state index contributed by atoms with van der Waals surface area (Å²) in [6, 6.07) is -0.0833. The minimum atomic E-state index is -0.538. The van der Waals surface area contributed by atoms with Gasteiger partial charge in [0.1, 0.15) is 6.04 Å². The van der Waals surface area contributed by atoms with E-state index in [1.54, 1.807) is 0 Å². The molecule has 2 N–H and O–H groups in total. The fourth-order valence-electron chi connectivity index (χ4n) is 1.35. The summed E-state index contributed by atoms with van der Waals surface area (Å²) in [5, 5.41) is 0. The summed E-state index contributed by atoms with van der Waals surface area (Å²) in [5.74, 6) is -0.347. The lowest BCUT2D eigenvalue weighted by molar-refractivity contribution is -0.142. The topological polar surface area (TPSA) is 55.6 Å². The summed E-state index contributed by atoms with van der Waals surface area (Å²) in [4.78, 5) is 13.1. The predicted octanol–water partition coefficient (Wildman–Crippen LogP) is 0.607. The van der Waals surface area contributed by atoms with Crippen molar-refractivity contribution >= 4 is 5.97 Å². The highest BCUT2D eigenvalue weighted by atomic mass is 16.5. The Labute approximate surface area is 86.4 Å². The molecule has 84 valence electrons. The highest BCUT2D eigenvalue weighted by molar-refractivity contribution is 5.75. The van der Waals surface area contributed by atoms with Crippen molar-refractivity contribution in [2.24, 2.45) is 5.73 Å². The summed E-state index contributed by atoms with van der Waals surface area (Å²) in [5.41, 5.74) is 5.65. The number of methoxy groups -OCH3 is 1. The van der Waals surface area contributed by atoms with Crippen LogP contribution >= 0.6 is 0 Å². The number of nitrogens with two attached hydrogens (primary N) is 1. The first-order valence-corrected chi connectivity index (χ1v) is 5.06. The number of carbonyl (C=O) groups is 1. The lowest BCUT2D eigenvalue weighted by Gasteiger charge is -2.26. The molecule has 0 aromatic rings. The van der Waals surface area contributed by atoms with E-state index >= 15 is 0 Å². The molecule has 0 aromatic heterocycles. The van der Waals surface area contributed by atoms with Crippen LogP contribution < -0.4 is 5.73 Å². The van der Waals surface area contributed by atoms with Crippen LogP contribution in [0.3, 0.4) is 0 Å². The van der Waals surface area contributed by atoms with E-state index in [-0.39, 0.29) is 5.97 Å². The van der Waals surface area contributed by atoms with Gasteiger partial charge in [0.05, 0.1) is 7.11 Å². The molecular weight excluding hydrogens is 180 g/mol. The Bertz CT molecular complexity index is 174. The van der Waals surface area contributed by atoms with E-state index < -0.39 is 6.04 Å². The molecule has 0 bridgehead atoms. The molecule has 0 saturated heterocycles. The largest absolute Gasteiger partial charge is 0.468 e. The van der Waals surface area contributed by atoms with Crippen molar-refractivity contribution in [1.82, 2.24) is 4.90 Å². The van der Waals surface area contributed by atoms with Gasteiger partial charge >= 0.3 is 5.97 Å². The summed E-state index contributed by atoms with van der Waals surface area (Å²) in [7, 11) is 3.33. The van der Waals surface area contributed by atoms with Crippen molar-refractivity contribution in [3.63, 3.8) is 0 Å². The molecule has 0 rings (SSSR count). The Hall–Kier alpha value is -0.610. The maximum Gasteiger partial charge on any atom is 0.323 e. The van der Waals surface area contributed by atoms with Crippen molar-refractivity contribution in [3.05, 3.63) is 0 Å². The van der Waals surface area contributed by atoms with Gasteiger partial charge in [0, 0.05) is 12.6 Å². The van der Waals surface area contributed by atoms with Crippen LogP contribution in [-0.2, 0) is 9.53 Å². The maximum absolute atomic E-state index is 11.1. The molecule has 2 unspecified atom stereocenters. The van der Waals surface area contributed by atoms with Crippen LogP contribution in [0.4, 0.5) is 0 Å². The van der Waals surface area contributed by atoms with Crippen LogP contribution in [0.2, 0.25) is 0 Å². The highest BCUT2D eigenvalue weighted by Gasteiger charge is 2.18. The maximum atomic E-state index is 11.1. The van der Waals surface area contributed by atoms with E-state index in [1.807, 2.05) is 7.05 Å². The van der Waals surface area contributed by atoms with Gasteiger partial charge in [-0.25, -0.2) is 0 Å². The molecule has 0 aliphatic rings. The van der Waals surface area contributed by atoms with E-state index in [2.05, 4.69) is 23.5 Å². The number of carbonyl (C=O) groups excluding carboxylic acids is 1. The highest BCUT2D eigenvalue weighted by Crippen LogP contribution is 2.04. The zero-order valence-corrected chi connectivity index (χ0v) is 9.62. The van der Waals surface area contributed by atoms with Gasteiger partial charge in [0.15, 0.2) is 0 Å². The minimum absolute atomic E-state index is 0.347. The molecule has 0 aromatic carbocycles. The molecule has 0 radical (unpaired) electrons. The zero-order valence-electron chi connectivity index (χ0n) is 9.62. The molecule has 0 saturated carbocycles. The predicted molar refractivity (Wildman–Crippen MR) is 57.0 cm³/mol. The van der Waals surface area contributed by atoms with Gasteiger partial charge in [-0.1, -0.05) is 13.3 Å². The first-order chi connectivity index (χ1) is 6.52. The van der Waals surface area contributed by atoms with Gasteiger partial charge in [-0.2, -0.15) is 0 Å². The lowest BCUT2D eigenvalue weighted by Crippen LogP contribution is -2.44. The smallest absolute Gasteiger partial charge is 0.323 e. The average molecular weight is 202 g/mol. The number of nitrogens with zero attached hydrogens (tertiary/aromatic N) is 1. The lowest BCUT2D eigenvalue weighted by atomic mass is 10.1. The van der Waals surface area contributed by atoms with Gasteiger partial charge in [-0.3, -0.25) is 4.79 Å². The first-order valence-electron chi connectivity index (χ1n) is 5.06. The van der Waals surface area contributed by atoms with Gasteiger partial charge in [-0.15, -0.1) is 0 Å². The van der Waals surface area contributed by atoms with Crippen LogP contribution in [0.25, 0.3) is 0 Å². The fraction of sp³-hybridized carbons (Fsp3) is 0.900. The van der Waals surface area contributed by atoms with Gasteiger partial charge in [-0.05, 0) is 20.4 Å². The fourth-order valence-corrected chi connectivity index (χ4v) is 1.35. The Morgan fingerprint density at radius 2 is 2.14 bits per heavy atom. The Balaban J connectivity index is 3.91. The van der Waals surface area contributed by atoms with Crippen LogP contribution in [-0.4, -0.2) is 43.7 Å². The standard InChI is InChI=1S/C10H22N2O2/c1-5-6-8(2)12(3)7-9(11)10(13)14-4/h8-9H,5-7,11H2,1-4H3. The quantitative estimate of drug-likeness (QED) is 0.641. The molecule has 0 aliphatic heterocycles. The molecule has 0 spiro atoms. The van der Waals surface area contributed by atoms with Crippen molar-refractivity contribution in [3.8, 4) is 0 Å². The van der Waals surface area contributed by atoms with E-state index in [4.69, 9.17) is 5.73 Å². The number of likely N-dealkylation sites (N-methyl/N-ethyl adjacent to an activating group) is 1. The molecule has 0 aliphatic carbocycles. The Morgan fingerprint density at radius 3 is 2.57 bits per heavy atom. The summed E-state index contributed by atoms with van der Waals surface area (Å²) < 4.78 is 4.56. The van der Waals surface area contributed by atoms with Gasteiger partial charge in [0.25, 0.3) is 0 Å². The molecule has 2 atom stereocenters. The summed E-state index contributed by atoms with van der Waals surface area (Å²) >= 11 is 0. The average Bonchev–Trinajstić information content (AvgIpc) is 2.16. The monoisotopic (exact) mass is 202 g/mol. The van der Waals surface area contributed by atoms with Crippen molar-refractivity contribution in [1.29, 1.82) is 0 Å². The van der Waals surface area contributed by atoms with Crippen molar-refractivity contribution in [2.75, 3.05) is 20.7 Å². The van der Waals surface area contributed by atoms with Crippen LogP contribution in [0.1, 0.15) is 26.7 Å². The van der Waals surface area contributed by atoms with E-state index in [1.165, 1.54) is 7.11 Å². The summed E-state index contributed by atoms with van der Waals surface area (Å²) in [6.07, 6.45) is 2.25. The van der Waals surface area contributed by atoms with E-state index in [9.17, 15) is 4.79 Å². The van der Waals surface area contributed by atoms with Crippen LogP contribution in [0.5, 0.6) is 0 Å². The molecule has 4 nitrogen and oxygen atoms in total. The third-order valence-electron chi connectivity index (χ3n) is 2.45. The zero-order chi connectivity index (χ0) is 11.1. The number of rotatable bonds is 6. The summed E-state index contributed by atoms with van der Waals surface area (Å²) in [6.45, 7) is 4.83. The SMILES string of the molecule is CCCC(C)N(C)CC(N)C(=O)OC. The number of esters is 1. The molecule has 0 fully saturated rings. The normalized spacial score (nSPS) is 15.3. The second-order valence-corrected chi connectivity index (χ2v) is 3.71. The van der Waals surface area contributed by atoms with Crippen LogP contribution in [0.15, 0.2) is 0 Å².